The second kappa shape index (κ2) is 13.8. The van der Waals surface area contributed by atoms with Gasteiger partial charge in [0.25, 0.3) is 0 Å². The van der Waals surface area contributed by atoms with Crippen molar-refractivity contribution in [2.45, 2.75) is 27.7 Å². The third-order valence-electron chi connectivity index (χ3n) is 11.0. The second-order valence-electron chi connectivity index (χ2n) is 14.1. The van der Waals surface area contributed by atoms with E-state index in [1.807, 2.05) is 115 Å². The van der Waals surface area contributed by atoms with E-state index in [0.717, 1.165) is 83.0 Å². The molecule has 1 aromatic heterocycles. The molecule has 1 atom stereocenters. The lowest BCUT2D eigenvalue weighted by Gasteiger charge is -2.38. The molecular formula is C49H39N4OP. The van der Waals surface area contributed by atoms with Crippen LogP contribution in [0.25, 0.3) is 45.3 Å². The average molecular weight is 731 g/mol. The maximum absolute atomic E-state index is 16.0. The first-order valence-electron chi connectivity index (χ1n) is 18.6. The number of anilines is 3. The number of para-hydroxylation sites is 2. The molecule has 2 heterocycles. The molecule has 0 saturated heterocycles. The maximum Gasteiger partial charge on any atom is 0.175 e. The Kier molecular flexibility index (Phi) is 8.60. The zero-order chi connectivity index (χ0) is 37.7. The lowest BCUT2D eigenvalue weighted by molar-refractivity contribution is 0.592. The molecule has 0 amide bonds. The zero-order valence-corrected chi connectivity index (χ0v) is 32.1. The van der Waals surface area contributed by atoms with Crippen molar-refractivity contribution in [2.24, 2.45) is 0 Å². The van der Waals surface area contributed by atoms with Crippen molar-refractivity contribution in [1.82, 2.24) is 15.0 Å². The summed E-state index contributed by atoms with van der Waals surface area (Å²) in [7, 11) is -3.30. The van der Waals surface area contributed by atoms with Crippen LogP contribution in [-0.4, -0.2) is 15.0 Å². The van der Waals surface area contributed by atoms with E-state index in [-0.39, 0.29) is 0 Å². The topological polar surface area (TPSA) is 59.0 Å². The minimum Gasteiger partial charge on any atom is -0.309 e. The van der Waals surface area contributed by atoms with Gasteiger partial charge in [0, 0.05) is 38.3 Å². The van der Waals surface area contributed by atoms with Crippen LogP contribution in [0.2, 0.25) is 0 Å². The van der Waals surface area contributed by atoms with Crippen LogP contribution in [0.1, 0.15) is 22.3 Å². The van der Waals surface area contributed by atoms with Gasteiger partial charge in [0.15, 0.2) is 24.6 Å². The number of rotatable bonds is 6. The first kappa shape index (κ1) is 34.4. The molecule has 55 heavy (non-hydrogen) atoms. The van der Waals surface area contributed by atoms with Gasteiger partial charge in [0.05, 0.1) is 11.4 Å². The van der Waals surface area contributed by atoms with Gasteiger partial charge in [-0.3, -0.25) is 0 Å². The first-order valence-corrected chi connectivity index (χ1v) is 20.3. The van der Waals surface area contributed by atoms with E-state index in [9.17, 15) is 0 Å². The second-order valence-corrected chi connectivity index (χ2v) is 16.8. The summed E-state index contributed by atoms with van der Waals surface area (Å²) in [6, 6.07) is 55.2. The third kappa shape index (κ3) is 5.71. The molecule has 5 nitrogen and oxygen atoms in total. The molecule has 0 spiro atoms. The fourth-order valence-electron chi connectivity index (χ4n) is 8.07. The van der Waals surface area contributed by atoms with E-state index < -0.39 is 7.14 Å². The van der Waals surface area contributed by atoms with E-state index in [0.29, 0.717) is 17.5 Å². The quantitative estimate of drug-likeness (QED) is 0.159. The predicted octanol–water partition coefficient (Wildman–Crippen LogP) is 11.2. The van der Waals surface area contributed by atoms with Crippen LogP contribution < -0.4 is 20.8 Å². The highest BCUT2D eigenvalue weighted by Crippen LogP contribution is 2.55. The molecule has 0 fully saturated rings. The molecule has 266 valence electrons. The van der Waals surface area contributed by atoms with Crippen molar-refractivity contribution in [2.75, 3.05) is 4.90 Å². The van der Waals surface area contributed by atoms with E-state index >= 15 is 4.57 Å². The zero-order valence-electron chi connectivity index (χ0n) is 31.2. The summed E-state index contributed by atoms with van der Waals surface area (Å²) in [5.74, 6) is 1.92. The molecule has 0 saturated carbocycles. The predicted molar refractivity (Wildman–Crippen MR) is 228 cm³/mol. The maximum atomic E-state index is 16.0. The van der Waals surface area contributed by atoms with Gasteiger partial charge in [-0.05, 0) is 97.5 Å². The van der Waals surface area contributed by atoms with E-state index in [4.69, 9.17) is 15.0 Å². The number of benzene rings is 7. The van der Waals surface area contributed by atoms with Crippen LogP contribution in [0.4, 0.5) is 17.1 Å². The number of fused-ring (bicyclic) bond motifs is 2. The fraction of sp³-hybridized carbons (Fsp3) is 0.0816. The van der Waals surface area contributed by atoms with Crippen molar-refractivity contribution in [1.29, 1.82) is 0 Å². The van der Waals surface area contributed by atoms with Gasteiger partial charge in [0.2, 0.25) is 0 Å². The normalized spacial score (nSPS) is 14.7. The molecular weight excluding hydrogens is 692 g/mol. The lowest BCUT2D eigenvalue weighted by Crippen LogP contribution is -2.36. The van der Waals surface area contributed by atoms with Gasteiger partial charge in [-0.2, -0.15) is 0 Å². The SMILES string of the molecule is Cc1c(C)c(-c2nc(-c3ccccc3)nc(-c3ccccc3)n2)c(C)c(C)c1-c1ccc2c(c1)P(=O)(c1ccccc1)c1ccccc1N2c1ccccc1. The number of hydrogen-bond donors (Lipinski definition) is 0. The Morgan fingerprint density at radius 3 is 1.45 bits per heavy atom. The lowest BCUT2D eigenvalue weighted by atomic mass is 9.85. The molecule has 8 aromatic rings. The minimum absolute atomic E-state index is 0.636. The summed E-state index contributed by atoms with van der Waals surface area (Å²) in [6.45, 7) is 8.69. The molecule has 1 aliphatic rings. The van der Waals surface area contributed by atoms with E-state index in [1.54, 1.807) is 0 Å². The summed E-state index contributed by atoms with van der Waals surface area (Å²) in [4.78, 5) is 17.4. The Morgan fingerprint density at radius 1 is 0.418 bits per heavy atom. The monoisotopic (exact) mass is 730 g/mol. The smallest absolute Gasteiger partial charge is 0.175 e. The van der Waals surface area contributed by atoms with Crippen molar-refractivity contribution in [3.8, 4) is 45.3 Å². The van der Waals surface area contributed by atoms with Gasteiger partial charge >= 0.3 is 0 Å². The highest BCUT2D eigenvalue weighted by molar-refractivity contribution is 7.86. The Labute approximate surface area is 322 Å². The molecule has 0 bridgehead atoms. The van der Waals surface area contributed by atoms with Crippen LogP contribution in [0.3, 0.4) is 0 Å². The third-order valence-corrected chi connectivity index (χ3v) is 14.1. The van der Waals surface area contributed by atoms with Gasteiger partial charge < -0.3 is 9.46 Å². The van der Waals surface area contributed by atoms with Crippen molar-refractivity contribution in [3.05, 3.63) is 186 Å². The van der Waals surface area contributed by atoms with E-state index in [1.165, 1.54) is 0 Å². The van der Waals surface area contributed by atoms with Crippen LogP contribution in [0.15, 0.2) is 164 Å². The Bertz CT molecular complexity index is 2680. The number of hydrogen-bond acceptors (Lipinski definition) is 5. The molecule has 1 aliphatic heterocycles. The van der Waals surface area contributed by atoms with Gasteiger partial charge in [-0.1, -0.05) is 127 Å². The van der Waals surface area contributed by atoms with Crippen molar-refractivity contribution in [3.63, 3.8) is 0 Å². The van der Waals surface area contributed by atoms with Gasteiger partial charge in [-0.25, -0.2) is 15.0 Å². The minimum atomic E-state index is -3.30. The summed E-state index contributed by atoms with van der Waals surface area (Å²) in [6.07, 6.45) is 0. The summed E-state index contributed by atoms with van der Waals surface area (Å²) < 4.78 is 16.0. The largest absolute Gasteiger partial charge is 0.309 e. The van der Waals surface area contributed by atoms with Crippen LogP contribution in [-0.2, 0) is 4.57 Å². The Hall–Kier alpha value is -6.42. The number of aromatic nitrogens is 3. The molecule has 0 N–H and O–H groups in total. The fourth-order valence-corrected chi connectivity index (χ4v) is 11.1. The molecule has 1 unspecified atom stereocenters. The average Bonchev–Trinajstić information content (AvgIpc) is 3.24. The highest BCUT2D eigenvalue weighted by Gasteiger charge is 2.41. The van der Waals surface area contributed by atoms with Gasteiger partial charge in [-0.15, -0.1) is 0 Å². The Balaban J connectivity index is 1.26. The Morgan fingerprint density at radius 2 is 0.873 bits per heavy atom. The highest BCUT2D eigenvalue weighted by atomic mass is 31.2. The van der Waals surface area contributed by atoms with Crippen molar-refractivity contribution < 1.29 is 4.57 Å². The van der Waals surface area contributed by atoms with E-state index in [2.05, 4.69) is 81.1 Å². The molecule has 7 aromatic carbocycles. The van der Waals surface area contributed by atoms with Crippen LogP contribution >= 0.6 is 7.14 Å². The molecule has 6 heteroatoms. The molecule has 0 radical (unpaired) electrons. The van der Waals surface area contributed by atoms with Crippen LogP contribution in [0, 0.1) is 27.7 Å². The number of nitrogens with zero attached hydrogens (tertiary/aromatic N) is 4. The van der Waals surface area contributed by atoms with Crippen LogP contribution in [0.5, 0.6) is 0 Å². The first-order chi connectivity index (χ1) is 26.8. The summed E-state index contributed by atoms with van der Waals surface area (Å²) >= 11 is 0. The summed E-state index contributed by atoms with van der Waals surface area (Å²) in [5.41, 5.74) is 12.4. The molecule has 9 rings (SSSR count). The molecule has 0 aliphatic carbocycles. The summed E-state index contributed by atoms with van der Waals surface area (Å²) in [5, 5.41) is 2.49. The standard InChI is InChI=1S/C49H39N4OP/c1-32-34(3)46(49-51-47(36-19-9-5-10-20-36)50-48(52-49)37-21-11-6-12-22-37)35(4)33(2)45(32)38-29-30-42-44(31-38)55(54,40-25-15-8-16-26-40)43-28-18-17-27-41(43)53(42)39-23-13-7-14-24-39/h5-31H,1-4H3. The van der Waals surface area contributed by atoms with Crippen molar-refractivity contribution >= 4 is 40.1 Å². The van der Waals surface area contributed by atoms with Gasteiger partial charge in [0.1, 0.15) is 0 Å².